The first kappa shape index (κ1) is 19.4. The van der Waals surface area contributed by atoms with Crippen molar-refractivity contribution in [2.24, 2.45) is 0 Å². The van der Waals surface area contributed by atoms with Crippen LogP contribution in [0, 0.1) is 24.0 Å². The molecular formula is C17H19N3O5S. The van der Waals surface area contributed by atoms with Gasteiger partial charge in [0.1, 0.15) is 6.54 Å². The number of sulfonamides is 1. The minimum atomic E-state index is -3.82. The van der Waals surface area contributed by atoms with Gasteiger partial charge in [0, 0.05) is 17.8 Å². The Hall–Kier alpha value is -2.94. The molecular weight excluding hydrogens is 358 g/mol. The maximum Gasteiger partial charge on any atom is 0.271 e. The molecule has 0 unspecified atom stereocenters. The van der Waals surface area contributed by atoms with Crippen molar-refractivity contribution in [2.75, 3.05) is 22.4 Å². The van der Waals surface area contributed by atoms with Gasteiger partial charge < -0.3 is 5.32 Å². The summed E-state index contributed by atoms with van der Waals surface area (Å²) in [6.45, 7) is 3.21. The number of nitrogens with one attached hydrogen (secondary N) is 1. The maximum atomic E-state index is 12.4. The molecule has 0 spiro atoms. The Morgan fingerprint density at radius 3 is 2.50 bits per heavy atom. The van der Waals surface area contributed by atoms with Gasteiger partial charge in [0.25, 0.3) is 5.69 Å². The van der Waals surface area contributed by atoms with Crippen LogP contribution in [0.15, 0.2) is 42.5 Å². The average Bonchev–Trinajstić information content (AvgIpc) is 2.55. The van der Waals surface area contributed by atoms with Crippen LogP contribution in [0.2, 0.25) is 0 Å². The van der Waals surface area contributed by atoms with Crippen LogP contribution in [0.5, 0.6) is 0 Å². The number of benzene rings is 2. The molecule has 0 aliphatic heterocycles. The summed E-state index contributed by atoms with van der Waals surface area (Å²) in [7, 11) is -3.82. The predicted octanol–water partition coefficient (Wildman–Crippen LogP) is 2.62. The Morgan fingerprint density at radius 2 is 1.88 bits per heavy atom. The predicted molar refractivity (Wildman–Crippen MR) is 99.8 cm³/mol. The van der Waals surface area contributed by atoms with Gasteiger partial charge in [-0.25, -0.2) is 8.42 Å². The summed E-state index contributed by atoms with van der Waals surface area (Å²) in [4.78, 5) is 22.7. The molecule has 1 amide bonds. The molecule has 2 aromatic carbocycles. The summed E-state index contributed by atoms with van der Waals surface area (Å²) in [5.74, 6) is -0.546. The lowest BCUT2D eigenvalue weighted by atomic mass is 10.1. The van der Waals surface area contributed by atoms with Gasteiger partial charge in [-0.15, -0.1) is 0 Å². The topological polar surface area (TPSA) is 110 Å². The van der Waals surface area contributed by atoms with E-state index in [-0.39, 0.29) is 11.4 Å². The molecule has 0 bridgehead atoms. The van der Waals surface area contributed by atoms with Gasteiger partial charge in [-0.2, -0.15) is 0 Å². The summed E-state index contributed by atoms with van der Waals surface area (Å²) in [6.07, 6.45) is 0.941. The van der Waals surface area contributed by atoms with E-state index >= 15 is 0 Å². The number of nitro benzene ring substituents is 1. The molecule has 1 N–H and O–H groups in total. The zero-order chi connectivity index (χ0) is 19.5. The van der Waals surface area contributed by atoms with E-state index in [1.54, 1.807) is 6.07 Å². The third kappa shape index (κ3) is 4.79. The van der Waals surface area contributed by atoms with E-state index in [0.717, 1.165) is 27.8 Å². The van der Waals surface area contributed by atoms with E-state index < -0.39 is 27.4 Å². The highest BCUT2D eigenvalue weighted by Gasteiger charge is 2.22. The summed E-state index contributed by atoms with van der Waals surface area (Å²) < 4.78 is 25.0. The number of amides is 1. The second-order valence-electron chi connectivity index (χ2n) is 5.91. The van der Waals surface area contributed by atoms with Crippen LogP contribution in [0.4, 0.5) is 17.1 Å². The lowest BCUT2D eigenvalue weighted by Gasteiger charge is -2.22. The van der Waals surface area contributed by atoms with Crippen molar-refractivity contribution in [1.82, 2.24) is 0 Å². The van der Waals surface area contributed by atoms with Crippen LogP contribution >= 0.6 is 0 Å². The van der Waals surface area contributed by atoms with Crippen molar-refractivity contribution in [3.8, 4) is 0 Å². The molecule has 0 fully saturated rings. The Morgan fingerprint density at radius 1 is 1.19 bits per heavy atom. The minimum Gasteiger partial charge on any atom is -0.324 e. The third-order valence-corrected chi connectivity index (χ3v) is 4.82. The van der Waals surface area contributed by atoms with Gasteiger partial charge >= 0.3 is 0 Å². The second-order valence-corrected chi connectivity index (χ2v) is 7.82. The molecule has 0 radical (unpaired) electrons. The first-order chi connectivity index (χ1) is 12.1. The average molecular weight is 377 g/mol. The number of hydrogen-bond acceptors (Lipinski definition) is 5. The van der Waals surface area contributed by atoms with Gasteiger partial charge in [0.2, 0.25) is 15.9 Å². The third-order valence-electron chi connectivity index (χ3n) is 3.68. The number of rotatable bonds is 6. The molecule has 0 aromatic heterocycles. The molecule has 0 saturated heterocycles. The molecule has 9 heteroatoms. The number of carbonyl (C=O) groups is 1. The van der Waals surface area contributed by atoms with Crippen molar-refractivity contribution in [2.45, 2.75) is 13.8 Å². The highest BCUT2D eigenvalue weighted by molar-refractivity contribution is 7.92. The second kappa shape index (κ2) is 7.52. The number of non-ortho nitro benzene ring substituents is 1. The number of nitro groups is 1. The van der Waals surface area contributed by atoms with Gasteiger partial charge in [-0.3, -0.25) is 19.2 Å². The van der Waals surface area contributed by atoms with Crippen LogP contribution < -0.4 is 9.62 Å². The molecule has 0 heterocycles. The van der Waals surface area contributed by atoms with Gasteiger partial charge in [-0.1, -0.05) is 18.2 Å². The van der Waals surface area contributed by atoms with Crippen LogP contribution in [0.3, 0.4) is 0 Å². The fraction of sp³-hybridized carbons (Fsp3) is 0.235. The number of aryl methyl sites for hydroxylation is 2. The van der Waals surface area contributed by atoms with Crippen LogP contribution in [0.25, 0.3) is 0 Å². The molecule has 0 aliphatic rings. The van der Waals surface area contributed by atoms with Crippen molar-refractivity contribution < 1.29 is 18.1 Å². The zero-order valence-corrected chi connectivity index (χ0v) is 15.4. The Balaban J connectivity index is 2.29. The molecule has 138 valence electrons. The van der Waals surface area contributed by atoms with E-state index in [0.29, 0.717) is 5.69 Å². The quantitative estimate of drug-likeness (QED) is 0.615. The Kier molecular flexibility index (Phi) is 5.61. The molecule has 26 heavy (non-hydrogen) atoms. The van der Waals surface area contributed by atoms with Crippen molar-refractivity contribution in [1.29, 1.82) is 0 Å². The lowest BCUT2D eigenvalue weighted by Crippen LogP contribution is -2.37. The van der Waals surface area contributed by atoms with E-state index in [1.165, 1.54) is 18.2 Å². The highest BCUT2D eigenvalue weighted by atomic mass is 32.2. The largest absolute Gasteiger partial charge is 0.324 e. The summed E-state index contributed by atoms with van der Waals surface area (Å²) >= 11 is 0. The molecule has 8 nitrogen and oxygen atoms in total. The Labute approximate surface area is 151 Å². The van der Waals surface area contributed by atoms with E-state index in [1.807, 2.05) is 26.0 Å². The van der Waals surface area contributed by atoms with Gasteiger partial charge in [0.05, 0.1) is 16.9 Å². The molecule has 2 aromatic rings. The SMILES string of the molecule is Cc1ccc(C)c(NC(=O)CN(c2cccc([N+](=O)[O-])c2)S(C)(=O)=O)c1. The molecule has 2 rings (SSSR count). The summed E-state index contributed by atoms with van der Waals surface area (Å²) in [5.41, 5.74) is 2.17. The van der Waals surface area contributed by atoms with Crippen LogP contribution in [-0.2, 0) is 14.8 Å². The van der Waals surface area contributed by atoms with E-state index in [4.69, 9.17) is 0 Å². The number of nitrogens with zero attached hydrogens (tertiary/aromatic N) is 2. The monoisotopic (exact) mass is 377 g/mol. The fourth-order valence-corrected chi connectivity index (χ4v) is 3.20. The Bertz CT molecular complexity index is 957. The van der Waals surface area contributed by atoms with E-state index in [9.17, 15) is 23.3 Å². The lowest BCUT2D eigenvalue weighted by molar-refractivity contribution is -0.384. The summed E-state index contributed by atoms with van der Waals surface area (Å²) in [6, 6.07) is 10.7. The molecule has 0 aliphatic carbocycles. The first-order valence-electron chi connectivity index (χ1n) is 7.67. The van der Waals surface area contributed by atoms with Gasteiger partial charge in [-0.05, 0) is 37.1 Å². The van der Waals surface area contributed by atoms with E-state index in [2.05, 4.69) is 5.32 Å². The zero-order valence-electron chi connectivity index (χ0n) is 14.6. The molecule has 0 atom stereocenters. The highest BCUT2D eigenvalue weighted by Crippen LogP contribution is 2.23. The fourth-order valence-electron chi connectivity index (χ4n) is 2.35. The maximum absolute atomic E-state index is 12.4. The van der Waals surface area contributed by atoms with Crippen molar-refractivity contribution in [3.05, 3.63) is 63.7 Å². The smallest absolute Gasteiger partial charge is 0.271 e. The van der Waals surface area contributed by atoms with Crippen LogP contribution in [0.1, 0.15) is 11.1 Å². The van der Waals surface area contributed by atoms with Crippen LogP contribution in [-0.4, -0.2) is 32.0 Å². The van der Waals surface area contributed by atoms with Crippen molar-refractivity contribution >= 4 is 33.0 Å². The first-order valence-corrected chi connectivity index (χ1v) is 9.52. The normalized spacial score (nSPS) is 11.0. The number of carbonyl (C=O) groups excluding carboxylic acids is 1. The number of anilines is 2. The number of hydrogen-bond donors (Lipinski definition) is 1. The van der Waals surface area contributed by atoms with Gasteiger partial charge in [0.15, 0.2) is 0 Å². The standard InChI is InChI=1S/C17H19N3O5S/c1-12-7-8-13(2)16(9-12)18-17(21)11-19(26(3,24)25)14-5-4-6-15(10-14)20(22)23/h4-10H,11H2,1-3H3,(H,18,21). The minimum absolute atomic E-state index is 0.0535. The molecule has 0 saturated carbocycles. The summed E-state index contributed by atoms with van der Waals surface area (Å²) in [5, 5.41) is 13.6. The van der Waals surface area contributed by atoms with Crippen molar-refractivity contribution in [3.63, 3.8) is 0 Å².